The zero-order valence-corrected chi connectivity index (χ0v) is 11.0. The quantitative estimate of drug-likeness (QED) is 0.828. The summed E-state index contributed by atoms with van der Waals surface area (Å²) in [5, 5.41) is 2.83. The molecule has 0 bridgehead atoms. The minimum atomic E-state index is -0.570. The highest BCUT2D eigenvalue weighted by Crippen LogP contribution is 2.24. The van der Waals surface area contributed by atoms with Gasteiger partial charge in [-0.3, -0.25) is 5.32 Å². The second-order valence-electron chi connectivity index (χ2n) is 4.32. The van der Waals surface area contributed by atoms with E-state index in [1.165, 1.54) is 7.11 Å². The zero-order chi connectivity index (χ0) is 13.1. The van der Waals surface area contributed by atoms with Crippen molar-refractivity contribution in [2.45, 2.75) is 26.4 Å². The molecule has 1 rings (SSSR count). The zero-order valence-electron chi connectivity index (χ0n) is 10.2. The average Bonchev–Trinajstić information content (AvgIpc) is 2.17. The van der Waals surface area contributed by atoms with Crippen LogP contribution in [0.2, 0.25) is 5.15 Å². The van der Waals surface area contributed by atoms with Crippen LogP contribution in [-0.2, 0) is 4.74 Å². The molecule has 1 aromatic rings. The fraction of sp³-hybridized carbons (Fsp3) is 0.455. The number of amides is 1. The molecular formula is C11H15ClN2O3. The van der Waals surface area contributed by atoms with Crippen LogP contribution in [0.15, 0.2) is 12.1 Å². The molecule has 1 aromatic heterocycles. The summed E-state index contributed by atoms with van der Waals surface area (Å²) in [4.78, 5) is 15.4. The fourth-order valence-electron chi connectivity index (χ4n) is 1.08. The van der Waals surface area contributed by atoms with Crippen molar-refractivity contribution in [2.75, 3.05) is 12.4 Å². The number of nitrogens with zero attached hydrogens (tertiary/aromatic N) is 1. The third kappa shape index (κ3) is 4.48. The molecule has 0 spiro atoms. The number of carbonyl (C=O) groups excluding carboxylic acids is 1. The van der Waals surface area contributed by atoms with Crippen molar-refractivity contribution in [3.05, 3.63) is 17.3 Å². The van der Waals surface area contributed by atoms with Gasteiger partial charge in [0.15, 0.2) is 0 Å². The van der Waals surface area contributed by atoms with Crippen molar-refractivity contribution >= 4 is 23.4 Å². The number of aromatic nitrogens is 1. The van der Waals surface area contributed by atoms with E-state index in [0.29, 0.717) is 5.69 Å². The van der Waals surface area contributed by atoms with Gasteiger partial charge in [0.1, 0.15) is 16.4 Å². The third-order valence-corrected chi connectivity index (χ3v) is 1.87. The van der Waals surface area contributed by atoms with Crippen molar-refractivity contribution < 1.29 is 14.3 Å². The molecule has 5 nitrogen and oxygen atoms in total. The SMILES string of the molecule is COc1nc(Cl)ccc1NC(=O)OC(C)(C)C. The number of rotatable bonds is 2. The van der Waals surface area contributed by atoms with Gasteiger partial charge in [-0.2, -0.15) is 4.98 Å². The van der Waals surface area contributed by atoms with Crippen LogP contribution in [0.4, 0.5) is 10.5 Å². The van der Waals surface area contributed by atoms with Gasteiger partial charge in [-0.1, -0.05) is 11.6 Å². The number of halogens is 1. The molecule has 1 heterocycles. The monoisotopic (exact) mass is 258 g/mol. The van der Waals surface area contributed by atoms with E-state index >= 15 is 0 Å². The Morgan fingerprint density at radius 2 is 2.06 bits per heavy atom. The lowest BCUT2D eigenvalue weighted by Crippen LogP contribution is -2.27. The highest BCUT2D eigenvalue weighted by Gasteiger charge is 2.17. The molecule has 0 atom stereocenters. The van der Waals surface area contributed by atoms with Gasteiger partial charge in [0, 0.05) is 0 Å². The van der Waals surface area contributed by atoms with Gasteiger partial charge >= 0.3 is 6.09 Å². The number of hydrogen-bond acceptors (Lipinski definition) is 4. The molecule has 17 heavy (non-hydrogen) atoms. The summed E-state index contributed by atoms with van der Waals surface area (Å²) in [6.07, 6.45) is -0.570. The van der Waals surface area contributed by atoms with E-state index < -0.39 is 11.7 Å². The molecule has 0 aromatic carbocycles. The maximum atomic E-state index is 11.5. The molecule has 0 saturated carbocycles. The van der Waals surface area contributed by atoms with Crippen molar-refractivity contribution in [3.8, 4) is 5.88 Å². The number of pyridine rings is 1. The minimum Gasteiger partial charge on any atom is -0.479 e. The molecule has 0 aliphatic carbocycles. The first-order chi connectivity index (χ1) is 7.81. The lowest BCUT2D eigenvalue weighted by Gasteiger charge is -2.20. The van der Waals surface area contributed by atoms with Crippen molar-refractivity contribution in [1.82, 2.24) is 4.98 Å². The van der Waals surface area contributed by atoms with Gasteiger partial charge in [0.05, 0.1) is 7.11 Å². The molecule has 1 amide bonds. The number of nitrogens with one attached hydrogen (secondary N) is 1. The summed E-state index contributed by atoms with van der Waals surface area (Å²) < 4.78 is 10.1. The summed E-state index contributed by atoms with van der Waals surface area (Å²) in [6.45, 7) is 5.35. The van der Waals surface area contributed by atoms with E-state index in [1.54, 1.807) is 32.9 Å². The molecule has 1 N–H and O–H groups in total. The Hall–Kier alpha value is -1.49. The summed E-state index contributed by atoms with van der Waals surface area (Å²) in [5.41, 5.74) is -0.150. The van der Waals surface area contributed by atoms with Crippen LogP contribution < -0.4 is 10.1 Å². The van der Waals surface area contributed by atoms with Crippen LogP contribution in [0.3, 0.4) is 0 Å². The predicted octanol–water partition coefficient (Wildman–Crippen LogP) is 3.09. The Balaban J connectivity index is 2.78. The second-order valence-corrected chi connectivity index (χ2v) is 4.70. The maximum Gasteiger partial charge on any atom is 0.412 e. The standard InChI is InChI=1S/C11H15ClN2O3/c1-11(2,3)17-10(15)13-7-5-6-8(12)14-9(7)16-4/h5-6H,1-4H3,(H,13,15). The topological polar surface area (TPSA) is 60.5 Å². The predicted molar refractivity (Wildman–Crippen MR) is 65.7 cm³/mol. The lowest BCUT2D eigenvalue weighted by atomic mass is 10.2. The molecular weight excluding hydrogens is 244 g/mol. The molecule has 0 fully saturated rings. The smallest absolute Gasteiger partial charge is 0.412 e. The molecule has 0 aliphatic heterocycles. The first-order valence-corrected chi connectivity index (χ1v) is 5.40. The van der Waals surface area contributed by atoms with E-state index in [2.05, 4.69) is 10.3 Å². The van der Waals surface area contributed by atoms with Crippen molar-refractivity contribution in [3.63, 3.8) is 0 Å². The highest BCUT2D eigenvalue weighted by atomic mass is 35.5. The van der Waals surface area contributed by atoms with E-state index in [-0.39, 0.29) is 11.0 Å². The van der Waals surface area contributed by atoms with Crippen LogP contribution >= 0.6 is 11.6 Å². The van der Waals surface area contributed by atoms with Crippen molar-refractivity contribution in [1.29, 1.82) is 0 Å². The summed E-state index contributed by atoms with van der Waals surface area (Å²) in [7, 11) is 1.44. The Kier molecular flexibility index (Phi) is 4.17. The highest BCUT2D eigenvalue weighted by molar-refractivity contribution is 6.29. The number of ether oxygens (including phenoxy) is 2. The Bertz CT molecular complexity index is 416. The average molecular weight is 259 g/mol. The first kappa shape index (κ1) is 13.6. The van der Waals surface area contributed by atoms with Crippen LogP contribution in [0.25, 0.3) is 0 Å². The fourth-order valence-corrected chi connectivity index (χ4v) is 1.22. The van der Waals surface area contributed by atoms with Crippen LogP contribution in [-0.4, -0.2) is 23.8 Å². The van der Waals surface area contributed by atoms with Crippen LogP contribution in [0.5, 0.6) is 5.88 Å². The van der Waals surface area contributed by atoms with Gasteiger partial charge in [-0.15, -0.1) is 0 Å². The van der Waals surface area contributed by atoms with Gasteiger partial charge in [0.2, 0.25) is 5.88 Å². The van der Waals surface area contributed by atoms with E-state index in [1.807, 2.05) is 0 Å². The van der Waals surface area contributed by atoms with Crippen LogP contribution in [0.1, 0.15) is 20.8 Å². The van der Waals surface area contributed by atoms with Gasteiger partial charge in [0.25, 0.3) is 0 Å². The van der Waals surface area contributed by atoms with E-state index in [9.17, 15) is 4.79 Å². The maximum absolute atomic E-state index is 11.5. The second kappa shape index (κ2) is 5.23. The Morgan fingerprint density at radius 1 is 1.41 bits per heavy atom. The van der Waals surface area contributed by atoms with Crippen LogP contribution in [0, 0.1) is 0 Å². The summed E-state index contributed by atoms with van der Waals surface area (Å²) in [6, 6.07) is 3.15. The Labute approximate surface area is 105 Å². The third-order valence-electron chi connectivity index (χ3n) is 1.66. The first-order valence-electron chi connectivity index (χ1n) is 5.02. The normalized spacial score (nSPS) is 10.9. The Morgan fingerprint density at radius 3 is 2.59 bits per heavy atom. The molecule has 6 heteroatoms. The van der Waals surface area contributed by atoms with E-state index in [4.69, 9.17) is 21.1 Å². The number of carbonyl (C=O) groups is 1. The van der Waals surface area contributed by atoms with E-state index in [0.717, 1.165) is 0 Å². The number of anilines is 1. The molecule has 0 saturated heterocycles. The largest absolute Gasteiger partial charge is 0.479 e. The van der Waals surface area contributed by atoms with Crippen molar-refractivity contribution in [2.24, 2.45) is 0 Å². The molecule has 0 radical (unpaired) electrons. The lowest BCUT2D eigenvalue weighted by molar-refractivity contribution is 0.0635. The molecule has 0 aliphatic rings. The summed E-state index contributed by atoms with van der Waals surface area (Å²) in [5.74, 6) is 0.239. The van der Waals surface area contributed by atoms with Gasteiger partial charge in [-0.25, -0.2) is 4.79 Å². The minimum absolute atomic E-state index is 0.239. The molecule has 0 unspecified atom stereocenters. The summed E-state index contributed by atoms with van der Waals surface area (Å²) >= 11 is 5.70. The van der Waals surface area contributed by atoms with Gasteiger partial charge in [-0.05, 0) is 32.9 Å². The number of hydrogen-bond donors (Lipinski definition) is 1. The van der Waals surface area contributed by atoms with Gasteiger partial charge < -0.3 is 9.47 Å². The molecule has 94 valence electrons. The number of methoxy groups -OCH3 is 1.